The van der Waals surface area contributed by atoms with Crippen LogP contribution in [-0.4, -0.2) is 60.7 Å². The first-order valence-corrected chi connectivity index (χ1v) is 7.75. The third kappa shape index (κ3) is 2.40. The molecular formula is C13H21BrN2O2. The average Bonchev–Trinajstić information content (AvgIpc) is 2.81. The van der Waals surface area contributed by atoms with E-state index in [0.717, 1.165) is 31.1 Å². The van der Waals surface area contributed by atoms with Gasteiger partial charge in [-0.3, -0.25) is 4.90 Å². The number of methoxy groups -OCH3 is 1. The number of rotatable bonds is 6. The van der Waals surface area contributed by atoms with E-state index in [2.05, 4.69) is 25.7 Å². The number of hydrogen-bond donors (Lipinski definition) is 0. The fourth-order valence-electron chi connectivity index (χ4n) is 2.92. The highest BCUT2D eigenvalue weighted by Crippen LogP contribution is 2.45. The van der Waals surface area contributed by atoms with Crippen molar-refractivity contribution in [1.29, 1.82) is 0 Å². The van der Waals surface area contributed by atoms with Crippen LogP contribution in [0.2, 0.25) is 0 Å². The van der Waals surface area contributed by atoms with Gasteiger partial charge in [0.2, 0.25) is 0 Å². The molecule has 0 aromatic carbocycles. The molecule has 0 aliphatic carbocycles. The highest BCUT2D eigenvalue weighted by molar-refractivity contribution is 9.09. The van der Waals surface area contributed by atoms with Crippen LogP contribution < -0.4 is 0 Å². The molecule has 0 aromatic rings. The first-order chi connectivity index (χ1) is 8.81. The van der Waals surface area contributed by atoms with Gasteiger partial charge in [-0.2, -0.15) is 0 Å². The van der Waals surface area contributed by atoms with Gasteiger partial charge < -0.3 is 14.4 Å². The van der Waals surface area contributed by atoms with Gasteiger partial charge >= 0.3 is 0 Å². The molecule has 0 radical (unpaired) electrons. The Morgan fingerprint density at radius 3 is 2.83 bits per heavy atom. The Morgan fingerprint density at radius 2 is 2.11 bits per heavy atom. The van der Waals surface area contributed by atoms with E-state index in [9.17, 15) is 0 Å². The second-order valence-electron chi connectivity index (χ2n) is 5.23. The highest BCUT2D eigenvalue weighted by Gasteiger charge is 2.56. The van der Waals surface area contributed by atoms with Gasteiger partial charge in [-0.25, -0.2) is 0 Å². The molecule has 3 atom stereocenters. The van der Waals surface area contributed by atoms with Gasteiger partial charge in [-0.15, -0.1) is 0 Å². The van der Waals surface area contributed by atoms with E-state index in [1.807, 2.05) is 0 Å². The third-order valence-electron chi connectivity index (χ3n) is 4.04. The fraction of sp³-hybridized carbons (Fsp3) is 0.846. The van der Waals surface area contributed by atoms with Crippen LogP contribution in [0, 0.1) is 0 Å². The van der Waals surface area contributed by atoms with Crippen molar-refractivity contribution in [2.75, 3.05) is 39.9 Å². The van der Waals surface area contributed by atoms with Gasteiger partial charge in [0, 0.05) is 6.54 Å². The van der Waals surface area contributed by atoms with Crippen molar-refractivity contribution < 1.29 is 9.47 Å². The van der Waals surface area contributed by atoms with Crippen molar-refractivity contribution >= 4 is 15.9 Å². The van der Waals surface area contributed by atoms with Crippen molar-refractivity contribution in [2.24, 2.45) is 0 Å². The summed E-state index contributed by atoms with van der Waals surface area (Å²) in [5.74, 6) is 2.07. The van der Waals surface area contributed by atoms with E-state index in [-0.39, 0.29) is 0 Å². The molecule has 0 bridgehead atoms. The predicted octanol–water partition coefficient (Wildman–Crippen LogP) is 1.77. The van der Waals surface area contributed by atoms with Crippen molar-refractivity contribution in [2.45, 2.75) is 30.3 Å². The molecule has 3 heterocycles. The number of hydrogen-bond acceptors (Lipinski definition) is 4. The second-order valence-corrected chi connectivity index (χ2v) is 6.17. The van der Waals surface area contributed by atoms with Gasteiger partial charge in [-0.05, 0) is 32.4 Å². The Balaban J connectivity index is 1.42. The van der Waals surface area contributed by atoms with Crippen LogP contribution in [0.15, 0.2) is 11.5 Å². The van der Waals surface area contributed by atoms with Gasteiger partial charge in [0.05, 0.1) is 31.3 Å². The molecule has 18 heavy (non-hydrogen) atoms. The van der Waals surface area contributed by atoms with Crippen molar-refractivity contribution in [3.63, 3.8) is 0 Å². The first-order valence-electron chi connectivity index (χ1n) is 6.83. The zero-order chi connectivity index (χ0) is 12.5. The number of halogens is 1. The van der Waals surface area contributed by atoms with Crippen LogP contribution in [0.4, 0.5) is 0 Å². The number of alkyl halides is 1. The molecule has 3 aliphatic heterocycles. The molecule has 0 N–H and O–H groups in total. The molecule has 2 saturated heterocycles. The summed E-state index contributed by atoms with van der Waals surface area (Å²) in [6.45, 7) is 5.40. The van der Waals surface area contributed by atoms with Gasteiger partial charge in [0.25, 0.3) is 0 Å². The van der Waals surface area contributed by atoms with E-state index in [4.69, 9.17) is 9.47 Å². The Labute approximate surface area is 117 Å². The summed E-state index contributed by atoms with van der Waals surface area (Å²) in [6.07, 6.45) is 3.84. The maximum Gasteiger partial charge on any atom is 0.154 e. The lowest BCUT2D eigenvalue weighted by atomic mass is 10.3. The minimum absolute atomic E-state index is 0.423. The smallest absolute Gasteiger partial charge is 0.154 e. The molecular weight excluding hydrogens is 296 g/mol. The summed E-state index contributed by atoms with van der Waals surface area (Å²) in [4.78, 5) is 5.32. The lowest BCUT2D eigenvalue weighted by Crippen LogP contribution is -2.21. The highest BCUT2D eigenvalue weighted by atomic mass is 79.9. The van der Waals surface area contributed by atoms with Crippen LogP contribution in [0.25, 0.3) is 0 Å². The molecule has 0 aromatic heterocycles. The summed E-state index contributed by atoms with van der Waals surface area (Å²) < 4.78 is 11.3. The van der Waals surface area contributed by atoms with Gasteiger partial charge in [0.1, 0.15) is 5.76 Å². The quantitative estimate of drug-likeness (QED) is 0.323. The van der Waals surface area contributed by atoms with E-state index in [1.54, 1.807) is 7.11 Å². The topological polar surface area (TPSA) is 24.7 Å². The van der Waals surface area contributed by atoms with Crippen LogP contribution >= 0.6 is 15.9 Å². The molecule has 3 aliphatic rings. The molecule has 102 valence electrons. The Bertz CT molecular complexity index is 342. The lowest BCUT2D eigenvalue weighted by Gasteiger charge is -2.15. The first kappa shape index (κ1) is 12.8. The van der Waals surface area contributed by atoms with Crippen molar-refractivity contribution in [3.8, 4) is 0 Å². The molecule has 0 saturated carbocycles. The van der Waals surface area contributed by atoms with Crippen molar-refractivity contribution in [3.05, 3.63) is 11.5 Å². The Hall–Kier alpha value is -0.260. The average molecular weight is 317 g/mol. The van der Waals surface area contributed by atoms with Crippen LogP contribution in [0.3, 0.4) is 0 Å². The van der Waals surface area contributed by atoms with Crippen LogP contribution in [-0.2, 0) is 9.47 Å². The predicted molar refractivity (Wildman–Crippen MR) is 73.5 cm³/mol. The van der Waals surface area contributed by atoms with Gasteiger partial charge in [-0.1, -0.05) is 15.9 Å². The molecule has 3 unspecified atom stereocenters. The molecule has 2 fully saturated rings. The SMILES string of the molecule is COC1=C(OCCCN2CCCC2)C2C(Br)N2C1. The standard InChI is InChI=1S/C13H21BrN2O2/c1-17-10-9-16-11(13(16)14)12(10)18-8-4-7-15-5-2-3-6-15/h11,13H,2-9H2,1H3. The summed E-state index contributed by atoms with van der Waals surface area (Å²) in [5, 5.41) is 0. The zero-order valence-corrected chi connectivity index (χ0v) is 12.5. The van der Waals surface area contributed by atoms with E-state index in [0.29, 0.717) is 11.0 Å². The fourth-order valence-corrected chi connectivity index (χ4v) is 3.73. The van der Waals surface area contributed by atoms with Crippen LogP contribution in [0.5, 0.6) is 0 Å². The van der Waals surface area contributed by atoms with E-state index < -0.39 is 0 Å². The normalized spacial score (nSPS) is 34.9. The third-order valence-corrected chi connectivity index (χ3v) is 5.06. The number of ether oxygens (including phenoxy) is 2. The molecule has 3 rings (SSSR count). The van der Waals surface area contributed by atoms with E-state index in [1.165, 1.54) is 32.5 Å². The summed E-state index contributed by atoms with van der Waals surface area (Å²) >= 11 is 3.63. The maximum absolute atomic E-state index is 5.95. The molecule has 4 nitrogen and oxygen atoms in total. The number of fused-ring (bicyclic) bond motifs is 1. The summed E-state index contributed by atoms with van der Waals surface area (Å²) in [6, 6.07) is 0.423. The summed E-state index contributed by atoms with van der Waals surface area (Å²) in [5.41, 5.74) is 0. The van der Waals surface area contributed by atoms with E-state index >= 15 is 0 Å². The Morgan fingerprint density at radius 1 is 1.33 bits per heavy atom. The monoisotopic (exact) mass is 316 g/mol. The molecule has 5 heteroatoms. The molecule has 0 spiro atoms. The van der Waals surface area contributed by atoms with Crippen LogP contribution in [0.1, 0.15) is 19.3 Å². The minimum atomic E-state index is 0.423. The largest absolute Gasteiger partial charge is 0.496 e. The van der Waals surface area contributed by atoms with Gasteiger partial charge in [0.15, 0.2) is 5.76 Å². The van der Waals surface area contributed by atoms with Crippen molar-refractivity contribution in [1.82, 2.24) is 9.80 Å². The summed E-state index contributed by atoms with van der Waals surface area (Å²) in [7, 11) is 1.73. The molecule has 0 amide bonds. The Kier molecular flexibility index (Phi) is 3.82. The lowest BCUT2D eigenvalue weighted by molar-refractivity contribution is 0.164. The maximum atomic E-state index is 5.95. The number of likely N-dealkylation sites (tertiary alicyclic amines) is 1. The number of nitrogens with zero attached hydrogens (tertiary/aromatic N) is 2. The minimum Gasteiger partial charge on any atom is -0.496 e. The zero-order valence-electron chi connectivity index (χ0n) is 10.9. The second kappa shape index (κ2) is 5.39.